The van der Waals surface area contributed by atoms with Crippen LogP contribution >= 0.6 is 11.8 Å². The third kappa shape index (κ3) is 4.44. The van der Waals surface area contributed by atoms with E-state index < -0.39 is 22.5 Å². The molecule has 49 heavy (non-hydrogen) atoms. The number of hydrogen-bond acceptors (Lipinski definition) is 6. The number of ketones is 1. The van der Waals surface area contributed by atoms with Crippen LogP contribution < -0.4 is 0 Å². The van der Waals surface area contributed by atoms with Crippen LogP contribution in [0, 0.1) is 58.7 Å². The Kier molecular flexibility index (Phi) is 7.51. The molecule has 1 aromatic heterocycles. The number of nitrogens with zero attached hydrogens (tertiary/aromatic N) is 2. The van der Waals surface area contributed by atoms with Crippen molar-refractivity contribution in [3.8, 4) is 17.2 Å². The fourth-order valence-corrected chi connectivity index (χ4v) is 12.9. The van der Waals surface area contributed by atoms with E-state index in [0.717, 1.165) is 60.1 Å². The maximum Gasteiger partial charge on any atom is 0.190 e. The summed E-state index contributed by atoms with van der Waals surface area (Å²) in [7, 11) is 0. The van der Waals surface area contributed by atoms with Crippen LogP contribution in [0.15, 0.2) is 89.5 Å². The molecule has 0 aliphatic heterocycles. The first-order chi connectivity index (χ1) is 23.4. The Morgan fingerprint density at radius 2 is 1.65 bits per heavy atom. The first-order valence-corrected chi connectivity index (χ1v) is 18.9. The normalized spacial score (nSPS) is 37.1. The van der Waals surface area contributed by atoms with Crippen molar-refractivity contribution in [1.82, 2.24) is 4.98 Å². The van der Waals surface area contributed by atoms with Crippen molar-refractivity contribution in [2.75, 3.05) is 5.75 Å². The van der Waals surface area contributed by atoms with E-state index in [4.69, 9.17) is 4.98 Å². The Labute approximate surface area is 294 Å². The van der Waals surface area contributed by atoms with E-state index in [1.807, 2.05) is 56.3 Å². The van der Waals surface area contributed by atoms with Crippen molar-refractivity contribution in [3.63, 3.8) is 0 Å². The molecule has 6 heteroatoms. The highest BCUT2D eigenvalue weighted by Crippen LogP contribution is 2.78. The van der Waals surface area contributed by atoms with Gasteiger partial charge in [0.05, 0.1) is 17.3 Å². The summed E-state index contributed by atoms with van der Waals surface area (Å²) in [6.45, 7) is 8.59. The molecule has 9 rings (SSSR count). The number of fused-ring (bicyclic) bond motifs is 1. The maximum absolute atomic E-state index is 15.3. The molecular formula is C43H46N2O3S. The number of carbonyl (C=O) groups excluding carboxylic acids is 1. The Morgan fingerprint density at radius 1 is 0.959 bits per heavy atom. The number of aryl methyl sites for hydroxylation is 2. The van der Waals surface area contributed by atoms with Crippen LogP contribution in [0.1, 0.15) is 86.0 Å². The molecule has 2 bridgehead atoms. The molecule has 2 N–H and O–H groups in total. The van der Waals surface area contributed by atoms with Gasteiger partial charge in [-0.05, 0) is 98.8 Å². The van der Waals surface area contributed by atoms with Gasteiger partial charge in [0, 0.05) is 38.8 Å². The van der Waals surface area contributed by atoms with Crippen LogP contribution in [0.5, 0.6) is 0 Å². The highest BCUT2D eigenvalue weighted by Gasteiger charge is 2.74. The number of hydrogen-bond donors (Lipinski definition) is 2. The van der Waals surface area contributed by atoms with E-state index in [-0.39, 0.29) is 28.4 Å². The number of Topliss-reactive ketones (excluding diaryl/α,β-unsaturated/α-hetero) is 1. The van der Waals surface area contributed by atoms with Crippen LogP contribution in [0.2, 0.25) is 0 Å². The van der Waals surface area contributed by atoms with E-state index in [1.165, 1.54) is 11.8 Å². The van der Waals surface area contributed by atoms with E-state index in [2.05, 4.69) is 56.3 Å². The molecule has 8 unspecified atom stereocenters. The molecule has 8 atom stereocenters. The number of nitriles is 1. The molecule has 6 aliphatic carbocycles. The average Bonchev–Trinajstić information content (AvgIpc) is 3.37. The third-order valence-corrected chi connectivity index (χ3v) is 15.3. The molecule has 2 aromatic carbocycles. The summed E-state index contributed by atoms with van der Waals surface area (Å²) in [5.41, 5.74) is 3.44. The fraction of sp³-hybridized carbons (Fsp3) is 0.465. The molecule has 5 nitrogen and oxygen atoms in total. The summed E-state index contributed by atoms with van der Waals surface area (Å²) in [5.74, 6) is 0.808. The second-order valence-corrected chi connectivity index (χ2v) is 17.2. The Hall–Kier alpha value is -3.50. The van der Waals surface area contributed by atoms with Crippen LogP contribution in [0.4, 0.5) is 0 Å². The molecule has 0 amide bonds. The smallest absolute Gasteiger partial charge is 0.190 e. The molecule has 3 aromatic rings. The van der Waals surface area contributed by atoms with Gasteiger partial charge in [0.25, 0.3) is 0 Å². The van der Waals surface area contributed by atoms with Crippen LogP contribution in [0.3, 0.4) is 0 Å². The van der Waals surface area contributed by atoms with Crippen molar-refractivity contribution in [2.24, 2.45) is 33.5 Å². The summed E-state index contributed by atoms with van der Waals surface area (Å²) >= 11 is 1.51. The third-order valence-electron chi connectivity index (χ3n) is 14.1. The minimum atomic E-state index is -0.992. The van der Waals surface area contributed by atoms with E-state index in [0.29, 0.717) is 34.7 Å². The number of aliphatic hydroxyl groups excluding tert-OH is 1. The highest BCUT2D eigenvalue weighted by molar-refractivity contribution is 7.99. The average molecular weight is 671 g/mol. The van der Waals surface area contributed by atoms with Gasteiger partial charge >= 0.3 is 0 Å². The van der Waals surface area contributed by atoms with Crippen LogP contribution in [-0.4, -0.2) is 38.4 Å². The lowest BCUT2D eigenvalue weighted by Crippen LogP contribution is -2.67. The standard InChI is InChI=1S/C43H46N2O3S/c1-27-22-28(2)45-38(33(27)25-44)49-26-42(48)19-16-36-40(42,4)18-15-35-39(3)17-14-30(46)23-41(39)20-21-43(35,36)34(24-41)37(47)32-13-9-8-12-31(32)29-10-6-5-7-11-29/h5-13,20-22,24,30,35-36,46,48H,14-19,23,26H2,1-4H3. The minimum absolute atomic E-state index is 0.0595. The van der Waals surface area contributed by atoms with Gasteiger partial charge in [0.1, 0.15) is 11.1 Å². The zero-order valence-electron chi connectivity index (χ0n) is 29.0. The fourth-order valence-electron chi connectivity index (χ4n) is 11.5. The summed E-state index contributed by atoms with van der Waals surface area (Å²) < 4.78 is 0. The number of benzene rings is 2. The lowest BCUT2D eigenvalue weighted by molar-refractivity contribution is -0.166. The zero-order valence-corrected chi connectivity index (χ0v) is 29.8. The number of allylic oxidation sites excluding steroid dienone is 4. The van der Waals surface area contributed by atoms with Crippen molar-refractivity contribution in [3.05, 3.63) is 107 Å². The number of pyridine rings is 1. The van der Waals surface area contributed by atoms with Crippen molar-refractivity contribution < 1.29 is 15.0 Å². The van der Waals surface area contributed by atoms with Crippen LogP contribution in [0.25, 0.3) is 11.1 Å². The second-order valence-electron chi connectivity index (χ2n) is 16.2. The Balaban J connectivity index is 1.24. The van der Waals surface area contributed by atoms with Gasteiger partial charge in [0.2, 0.25) is 0 Å². The quantitative estimate of drug-likeness (QED) is 0.155. The molecule has 0 saturated heterocycles. The van der Waals surface area contributed by atoms with E-state index in [1.54, 1.807) is 0 Å². The van der Waals surface area contributed by atoms with Gasteiger partial charge in [0.15, 0.2) is 5.78 Å². The molecular weight excluding hydrogens is 625 g/mol. The zero-order chi connectivity index (χ0) is 34.4. The summed E-state index contributed by atoms with van der Waals surface area (Å²) in [4.78, 5) is 20.1. The van der Waals surface area contributed by atoms with E-state index >= 15 is 4.79 Å². The number of aliphatic hydroxyl groups is 2. The van der Waals surface area contributed by atoms with Gasteiger partial charge < -0.3 is 10.2 Å². The first kappa shape index (κ1) is 32.7. The van der Waals surface area contributed by atoms with Crippen molar-refractivity contribution in [1.29, 1.82) is 5.26 Å². The SMILES string of the molecule is Cc1cc(C)c(C#N)c(SCC2(O)CCC3C45C=CC6(C=C4C(=O)c4ccccc4-c4ccccc4)CC(O)CCC6(C)C5CCC32C)n1. The number of thioether (sulfide) groups is 1. The molecule has 0 radical (unpaired) electrons. The summed E-state index contributed by atoms with van der Waals surface area (Å²) in [6, 6.07) is 22.4. The Morgan fingerprint density at radius 3 is 2.43 bits per heavy atom. The molecule has 1 heterocycles. The number of rotatable bonds is 6. The monoisotopic (exact) mass is 670 g/mol. The number of carbonyl (C=O) groups is 1. The van der Waals surface area contributed by atoms with Gasteiger partial charge in [-0.15, -0.1) is 11.8 Å². The maximum atomic E-state index is 15.3. The minimum Gasteiger partial charge on any atom is -0.393 e. The van der Waals surface area contributed by atoms with Gasteiger partial charge in [-0.25, -0.2) is 4.98 Å². The lowest BCUT2D eigenvalue weighted by atomic mass is 9.32. The molecule has 3 fully saturated rings. The lowest BCUT2D eigenvalue weighted by Gasteiger charge is -2.71. The second kappa shape index (κ2) is 11.3. The molecule has 252 valence electrons. The van der Waals surface area contributed by atoms with Gasteiger partial charge in [-0.1, -0.05) is 86.7 Å². The predicted octanol–water partition coefficient (Wildman–Crippen LogP) is 8.80. The topological polar surface area (TPSA) is 94.2 Å². The molecule has 6 aliphatic rings. The number of aromatic nitrogens is 1. The van der Waals surface area contributed by atoms with E-state index in [9.17, 15) is 15.5 Å². The van der Waals surface area contributed by atoms with Crippen molar-refractivity contribution >= 4 is 17.5 Å². The van der Waals surface area contributed by atoms with Crippen molar-refractivity contribution in [2.45, 2.75) is 89.4 Å². The predicted molar refractivity (Wildman–Crippen MR) is 194 cm³/mol. The highest BCUT2D eigenvalue weighted by atomic mass is 32.2. The molecule has 2 spiro atoms. The van der Waals surface area contributed by atoms with Crippen LogP contribution in [-0.2, 0) is 0 Å². The largest absolute Gasteiger partial charge is 0.393 e. The first-order valence-electron chi connectivity index (χ1n) is 18.0. The summed E-state index contributed by atoms with van der Waals surface area (Å²) in [5, 5.41) is 34.5. The van der Waals surface area contributed by atoms with Gasteiger partial charge in [-0.3, -0.25) is 4.79 Å². The Bertz CT molecular complexity index is 1960. The molecule has 3 saturated carbocycles. The van der Waals surface area contributed by atoms with Gasteiger partial charge in [-0.2, -0.15) is 5.26 Å². The summed E-state index contributed by atoms with van der Waals surface area (Å²) in [6.07, 6.45) is 12.2.